The molecule has 8 heteroatoms. The first-order valence-electron chi connectivity index (χ1n) is 11.2. The molecule has 0 unspecified atom stereocenters. The van der Waals surface area contributed by atoms with Crippen LogP contribution in [0.4, 0.5) is 5.95 Å². The standard InChI is InChI=1S/C27H28N4O4/c1-18-5-10-21(11-6-18)26-29-27(28-17-19-7-12-22(33-2)13-8-19)31(30-26)25(32)16-20-9-14-23(34-3)24(15-20)35-4/h5-15H,16-17H2,1-4H3,(H,28,29,30). The lowest BCUT2D eigenvalue weighted by atomic mass is 10.1. The normalized spacial score (nSPS) is 10.6. The third-order valence-electron chi connectivity index (χ3n) is 5.57. The first-order valence-corrected chi connectivity index (χ1v) is 11.2. The molecule has 0 saturated heterocycles. The summed E-state index contributed by atoms with van der Waals surface area (Å²) in [5, 5.41) is 7.80. The minimum Gasteiger partial charge on any atom is -0.497 e. The molecule has 0 bridgehead atoms. The maximum absolute atomic E-state index is 13.3. The number of ether oxygens (including phenoxy) is 3. The van der Waals surface area contributed by atoms with Crippen molar-refractivity contribution >= 4 is 11.9 Å². The van der Waals surface area contributed by atoms with E-state index in [4.69, 9.17) is 14.2 Å². The van der Waals surface area contributed by atoms with Gasteiger partial charge in [0.2, 0.25) is 5.95 Å². The van der Waals surface area contributed by atoms with E-state index in [1.54, 1.807) is 33.5 Å². The number of aromatic nitrogens is 3. The summed E-state index contributed by atoms with van der Waals surface area (Å²) in [7, 11) is 4.77. The Labute approximate surface area is 204 Å². The summed E-state index contributed by atoms with van der Waals surface area (Å²) < 4.78 is 17.2. The lowest BCUT2D eigenvalue weighted by Gasteiger charge is -2.10. The summed E-state index contributed by atoms with van der Waals surface area (Å²) in [6, 6.07) is 21.0. The third kappa shape index (κ3) is 5.60. The number of carbonyl (C=O) groups is 1. The van der Waals surface area contributed by atoms with Gasteiger partial charge in [0.25, 0.3) is 5.91 Å². The molecule has 0 spiro atoms. The number of carbonyl (C=O) groups excluding carboxylic acids is 1. The number of hydrogen-bond acceptors (Lipinski definition) is 7. The Morgan fingerprint density at radius 1 is 0.857 bits per heavy atom. The zero-order valence-electron chi connectivity index (χ0n) is 20.2. The van der Waals surface area contributed by atoms with E-state index in [1.807, 2.05) is 61.5 Å². The highest BCUT2D eigenvalue weighted by Gasteiger charge is 2.18. The number of nitrogens with one attached hydrogen (secondary N) is 1. The maximum atomic E-state index is 13.3. The molecule has 0 amide bonds. The molecular weight excluding hydrogens is 444 g/mol. The number of hydrogen-bond donors (Lipinski definition) is 1. The summed E-state index contributed by atoms with van der Waals surface area (Å²) >= 11 is 0. The van der Waals surface area contributed by atoms with Crippen LogP contribution < -0.4 is 19.5 Å². The van der Waals surface area contributed by atoms with Gasteiger partial charge in [0, 0.05) is 12.1 Å². The van der Waals surface area contributed by atoms with Crippen molar-refractivity contribution in [3.63, 3.8) is 0 Å². The topological polar surface area (TPSA) is 87.5 Å². The van der Waals surface area contributed by atoms with Crippen LogP contribution in [0, 0.1) is 6.92 Å². The number of anilines is 1. The molecule has 0 aliphatic heterocycles. The van der Waals surface area contributed by atoms with Crippen molar-refractivity contribution in [2.75, 3.05) is 26.6 Å². The molecule has 0 aliphatic rings. The van der Waals surface area contributed by atoms with Crippen LogP contribution in [0.3, 0.4) is 0 Å². The molecule has 0 radical (unpaired) electrons. The van der Waals surface area contributed by atoms with Gasteiger partial charge in [-0.05, 0) is 42.3 Å². The highest BCUT2D eigenvalue weighted by atomic mass is 16.5. The average molecular weight is 473 g/mol. The summed E-state index contributed by atoms with van der Waals surface area (Å²) in [5.41, 5.74) is 3.77. The van der Waals surface area contributed by atoms with Crippen LogP contribution in [0.5, 0.6) is 17.2 Å². The smallest absolute Gasteiger partial charge is 0.254 e. The Hall–Kier alpha value is -4.33. The van der Waals surface area contributed by atoms with E-state index >= 15 is 0 Å². The number of nitrogens with zero attached hydrogens (tertiary/aromatic N) is 3. The first kappa shape index (κ1) is 23.8. The first-order chi connectivity index (χ1) is 17.0. The fourth-order valence-corrected chi connectivity index (χ4v) is 3.59. The molecule has 35 heavy (non-hydrogen) atoms. The maximum Gasteiger partial charge on any atom is 0.254 e. The predicted molar refractivity (Wildman–Crippen MR) is 134 cm³/mol. The number of rotatable bonds is 9. The summed E-state index contributed by atoms with van der Waals surface area (Å²) in [5.74, 6) is 2.58. The van der Waals surface area contributed by atoms with Crippen molar-refractivity contribution in [2.45, 2.75) is 19.9 Å². The highest BCUT2D eigenvalue weighted by molar-refractivity contribution is 5.83. The van der Waals surface area contributed by atoms with Crippen LogP contribution in [0.2, 0.25) is 0 Å². The van der Waals surface area contributed by atoms with E-state index in [-0.39, 0.29) is 12.3 Å². The number of aryl methyl sites for hydroxylation is 1. The van der Waals surface area contributed by atoms with Crippen LogP contribution in [-0.4, -0.2) is 42.0 Å². The van der Waals surface area contributed by atoms with Gasteiger partial charge in [-0.2, -0.15) is 9.67 Å². The van der Waals surface area contributed by atoms with Crippen molar-refractivity contribution in [3.05, 3.63) is 83.4 Å². The van der Waals surface area contributed by atoms with Gasteiger partial charge in [0.1, 0.15) is 5.75 Å². The van der Waals surface area contributed by atoms with Crippen LogP contribution in [0.15, 0.2) is 66.7 Å². The van der Waals surface area contributed by atoms with E-state index < -0.39 is 0 Å². The average Bonchev–Trinajstić information content (AvgIpc) is 3.32. The second-order valence-corrected chi connectivity index (χ2v) is 8.00. The Morgan fingerprint density at radius 2 is 1.54 bits per heavy atom. The largest absolute Gasteiger partial charge is 0.497 e. The van der Waals surface area contributed by atoms with Crippen LogP contribution in [-0.2, 0) is 13.0 Å². The van der Waals surface area contributed by atoms with E-state index in [1.165, 1.54) is 4.68 Å². The van der Waals surface area contributed by atoms with Crippen molar-refractivity contribution in [2.24, 2.45) is 0 Å². The molecule has 1 heterocycles. The van der Waals surface area contributed by atoms with E-state index in [2.05, 4.69) is 15.4 Å². The predicted octanol–water partition coefficient (Wildman–Crippen LogP) is 4.77. The van der Waals surface area contributed by atoms with Gasteiger partial charge in [0.15, 0.2) is 17.3 Å². The lowest BCUT2D eigenvalue weighted by Crippen LogP contribution is -2.18. The molecule has 8 nitrogen and oxygen atoms in total. The fraction of sp³-hybridized carbons (Fsp3) is 0.222. The quantitative estimate of drug-likeness (QED) is 0.375. The Bertz CT molecular complexity index is 1300. The second-order valence-electron chi connectivity index (χ2n) is 8.00. The van der Waals surface area contributed by atoms with Gasteiger partial charge >= 0.3 is 0 Å². The van der Waals surface area contributed by atoms with Crippen molar-refractivity contribution < 1.29 is 19.0 Å². The number of benzene rings is 3. The lowest BCUT2D eigenvalue weighted by molar-refractivity contribution is 0.0901. The second kappa shape index (κ2) is 10.7. The van der Waals surface area contributed by atoms with Crippen molar-refractivity contribution in [3.8, 4) is 28.6 Å². The molecule has 0 atom stereocenters. The van der Waals surface area contributed by atoms with E-state index in [0.29, 0.717) is 29.8 Å². The fourth-order valence-electron chi connectivity index (χ4n) is 3.59. The molecular formula is C27H28N4O4. The van der Waals surface area contributed by atoms with E-state index in [9.17, 15) is 4.79 Å². The molecule has 4 rings (SSSR count). The van der Waals surface area contributed by atoms with Gasteiger partial charge in [-0.1, -0.05) is 48.0 Å². The Kier molecular flexibility index (Phi) is 7.30. The van der Waals surface area contributed by atoms with Crippen molar-refractivity contribution in [1.29, 1.82) is 0 Å². The van der Waals surface area contributed by atoms with Gasteiger partial charge in [-0.25, -0.2) is 0 Å². The summed E-state index contributed by atoms with van der Waals surface area (Å²) in [6.07, 6.45) is 0.119. The summed E-state index contributed by atoms with van der Waals surface area (Å²) in [4.78, 5) is 17.9. The molecule has 0 fully saturated rings. The molecule has 0 saturated carbocycles. The zero-order chi connectivity index (χ0) is 24.8. The monoisotopic (exact) mass is 472 g/mol. The highest BCUT2D eigenvalue weighted by Crippen LogP contribution is 2.28. The van der Waals surface area contributed by atoms with Crippen LogP contribution >= 0.6 is 0 Å². The molecule has 1 aromatic heterocycles. The Morgan fingerprint density at radius 3 is 2.20 bits per heavy atom. The minimum absolute atomic E-state index is 0.119. The molecule has 1 N–H and O–H groups in total. The minimum atomic E-state index is -0.222. The van der Waals surface area contributed by atoms with Crippen LogP contribution in [0.1, 0.15) is 21.5 Å². The van der Waals surface area contributed by atoms with Gasteiger partial charge < -0.3 is 19.5 Å². The molecule has 0 aliphatic carbocycles. The van der Waals surface area contributed by atoms with Gasteiger partial charge in [-0.3, -0.25) is 4.79 Å². The van der Waals surface area contributed by atoms with Crippen molar-refractivity contribution in [1.82, 2.24) is 14.8 Å². The molecule has 180 valence electrons. The van der Waals surface area contributed by atoms with Gasteiger partial charge in [-0.15, -0.1) is 5.10 Å². The summed E-state index contributed by atoms with van der Waals surface area (Å²) in [6.45, 7) is 2.49. The molecule has 3 aromatic carbocycles. The van der Waals surface area contributed by atoms with Crippen LogP contribution in [0.25, 0.3) is 11.4 Å². The van der Waals surface area contributed by atoms with Gasteiger partial charge in [0.05, 0.1) is 27.8 Å². The van der Waals surface area contributed by atoms with E-state index in [0.717, 1.165) is 28.0 Å². The Balaban J connectivity index is 1.61. The number of methoxy groups -OCH3 is 3. The SMILES string of the molecule is COc1ccc(CNc2nc(-c3ccc(C)cc3)nn2C(=O)Cc2ccc(OC)c(OC)c2)cc1. The zero-order valence-corrected chi connectivity index (χ0v) is 20.2. The third-order valence-corrected chi connectivity index (χ3v) is 5.57. The molecule has 4 aromatic rings.